The number of H-pyrrole nitrogens is 1. The van der Waals surface area contributed by atoms with Gasteiger partial charge >= 0.3 is 0 Å². The van der Waals surface area contributed by atoms with E-state index < -0.39 is 0 Å². The Hall–Kier alpha value is -1.31. The molecular formula is C9H11NO. The molecule has 1 heterocycles. The molecule has 1 N–H and O–H groups in total. The molecule has 0 aliphatic heterocycles. The number of hydrogen-bond acceptors (Lipinski definition) is 1. The van der Waals surface area contributed by atoms with E-state index in [0.717, 1.165) is 11.3 Å². The lowest BCUT2D eigenvalue weighted by Crippen LogP contribution is -2.05. The van der Waals surface area contributed by atoms with Crippen LogP contribution in [-0.4, -0.2) is 4.98 Å². The van der Waals surface area contributed by atoms with Crippen molar-refractivity contribution in [1.29, 1.82) is 0 Å². The minimum absolute atomic E-state index is 0.0804. The van der Waals surface area contributed by atoms with E-state index in [9.17, 15) is 4.79 Å². The molecule has 0 radical (unpaired) electrons. The summed E-state index contributed by atoms with van der Waals surface area (Å²) in [7, 11) is 0. The number of aromatic nitrogens is 1. The van der Waals surface area contributed by atoms with Crippen molar-refractivity contribution >= 4 is 6.08 Å². The van der Waals surface area contributed by atoms with Gasteiger partial charge < -0.3 is 4.98 Å². The predicted molar refractivity (Wildman–Crippen MR) is 46.5 cm³/mol. The van der Waals surface area contributed by atoms with Gasteiger partial charge in [0.1, 0.15) is 0 Å². The van der Waals surface area contributed by atoms with Crippen LogP contribution < -0.4 is 5.43 Å². The van der Waals surface area contributed by atoms with Crippen LogP contribution in [0.2, 0.25) is 0 Å². The van der Waals surface area contributed by atoms with Gasteiger partial charge in [0.25, 0.3) is 0 Å². The zero-order valence-electron chi connectivity index (χ0n) is 6.72. The van der Waals surface area contributed by atoms with Crippen molar-refractivity contribution < 1.29 is 0 Å². The molecule has 0 unspecified atom stereocenters. The molecule has 0 aliphatic rings. The van der Waals surface area contributed by atoms with Gasteiger partial charge in [0.05, 0.1) is 0 Å². The third kappa shape index (κ3) is 1.58. The summed E-state index contributed by atoms with van der Waals surface area (Å²) >= 11 is 0. The summed E-state index contributed by atoms with van der Waals surface area (Å²) in [5.41, 5.74) is 1.74. The van der Waals surface area contributed by atoms with Gasteiger partial charge in [-0.25, -0.2) is 0 Å². The van der Waals surface area contributed by atoms with E-state index in [1.807, 2.05) is 26.0 Å². The average Bonchev–Trinajstić information content (AvgIpc) is 1.99. The number of hydrogen-bond donors (Lipinski definition) is 1. The van der Waals surface area contributed by atoms with Gasteiger partial charge in [-0.1, -0.05) is 6.08 Å². The highest BCUT2D eigenvalue weighted by atomic mass is 16.1. The molecule has 2 heteroatoms. The Morgan fingerprint density at radius 1 is 1.55 bits per heavy atom. The first-order valence-corrected chi connectivity index (χ1v) is 3.56. The number of pyridine rings is 1. The third-order valence-corrected chi connectivity index (χ3v) is 1.58. The monoisotopic (exact) mass is 149 g/mol. The van der Waals surface area contributed by atoms with Crippen LogP contribution >= 0.6 is 0 Å². The average molecular weight is 149 g/mol. The molecule has 0 spiro atoms. The zero-order chi connectivity index (χ0) is 8.27. The van der Waals surface area contributed by atoms with Crippen LogP contribution in [0.1, 0.15) is 18.2 Å². The molecule has 11 heavy (non-hydrogen) atoms. The van der Waals surface area contributed by atoms with Crippen molar-refractivity contribution in [2.45, 2.75) is 13.8 Å². The molecule has 0 aliphatic carbocycles. The lowest BCUT2D eigenvalue weighted by atomic mass is 10.2. The highest BCUT2D eigenvalue weighted by Crippen LogP contribution is 1.99. The summed E-state index contributed by atoms with van der Waals surface area (Å²) in [5, 5.41) is 0. The highest BCUT2D eigenvalue weighted by Gasteiger charge is 1.95. The van der Waals surface area contributed by atoms with Crippen LogP contribution in [0, 0.1) is 6.92 Å². The Kier molecular flexibility index (Phi) is 2.26. The predicted octanol–water partition coefficient (Wildman–Crippen LogP) is 1.72. The molecule has 0 bridgehead atoms. The van der Waals surface area contributed by atoms with E-state index >= 15 is 0 Å². The molecule has 2 nitrogen and oxygen atoms in total. The minimum atomic E-state index is 0.0804. The Balaban J connectivity index is 3.27. The quantitative estimate of drug-likeness (QED) is 0.647. The second kappa shape index (κ2) is 3.19. The molecule has 1 aromatic rings. The van der Waals surface area contributed by atoms with Crippen LogP contribution in [-0.2, 0) is 0 Å². The molecule has 0 saturated carbocycles. The SMILES string of the molecule is C/C=C\c1[nH]ccc(=O)c1C. The Labute approximate surface area is 65.6 Å². The molecule has 1 rings (SSSR count). The van der Waals surface area contributed by atoms with Crippen molar-refractivity contribution in [3.05, 3.63) is 39.8 Å². The lowest BCUT2D eigenvalue weighted by Gasteiger charge is -1.96. The van der Waals surface area contributed by atoms with Crippen molar-refractivity contribution in [2.24, 2.45) is 0 Å². The third-order valence-electron chi connectivity index (χ3n) is 1.58. The zero-order valence-corrected chi connectivity index (χ0v) is 6.72. The van der Waals surface area contributed by atoms with E-state index in [1.54, 1.807) is 6.20 Å². The van der Waals surface area contributed by atoms with E-state index in [0.29, 0.717) is 0 Å². The maximum absolute atomic E-state index is 11.1. The highest BCUT2D eigenvalue weighted by molar-refractivity contribution is 5.47. The standard InChI is InChI=1S/C9H11NO/c1-3-4-8-7(2)9(11)5-6-10-8/h3-6H,1-2H3,(H,10,11)/b4-3-. The van der Waals surface area contributed by atoms with Gasteiger partial charge in [-0.3, -0.25) is 4.79 Å². The number of nitrogens with one attached hydrogen (secondary N) is 1. The van der Waals surface area contributed by atoms with E-state index in [2.05, 4.69) is 4.98 Å². The second-order valence-corrected chi connectivity index (χ2v) is 2.38. The van der Waals surface area contributed by atoms with Crippen molar-refractivity contribution in [2.75, 3.05) is 0 Å². The first-order chi connectivity index (χ1) is 5.25. The van der Waals surface area contributed by atoms with Crippen molar-refractivity contribution in [3.8, 4) is 0 Å². The van der Waals surface area contributed by atoms with Crippen LogP contribution in [0.3, 0.4) is 0 Å². The summed E-state index contributed by atoms with van der Waals surface area (Å²) in [6.07, 6.45) is 5.44. The molecule has 0 amide bonds. The largest absolute Gasteiger partial charge is 0.361 e. The Morgan fingerprint density at radius 3 is 2.91 bits per heavy atom. The summed E-state index contributed by atoms with van der Waals surface area (Å²) in [6, 6.07) is 1.53. The molecule has 0 aromatic carbocycles. The van der Waals surface area contributed by atoms with Crippen LogP contribution in [0.25, 0.3) is 6.08 Å². The summed E-state index contributed by atoms with van der Waals surface area (Å²) in [4.78, 5) is 14.1. The summed E-state index contributed by atoms with van der Waals surface area (Å²) in [5.74, 6) is 0. The van der Waals surface area contributed by atoms with E-state index in [1.165, 1.54) is 6.07 Å². The van der Waals surface area contributed by atoms with Gasteiger partial charge in [-0.05, 0) is 19.9 Å². The summed E-state index contributed by atoms with van der Waals surface area (Å²) < 4.78 is 0. The second-order valence-electron chi connectivity index (χ2n) is 2.38. The van der Waals surface area contributed by atoms with Gasteiger partial charge in [0.15, 0.2) is 5.43 Å². The maximum Gasteiger partial charge on any atom is 0.185 e. The van der Waals surface area contributed by atoms with Crippen molar-refractivity contribution in [1.82, 2.24) is 4.98 Å². The van der Waals surface area contributed by atoms with Gasteiger partial charge in [0.2, 0.25) is 0 Å². The van der Waals surface area contributed by atoms with Gasteiger partial charge in [-0.15, -0.1) is 0 Å². The first kappa shape index (κ1) is 7.79. The Morgan fingerprint density at radius 2 is 2.27 bits per heavy atom. The Bertz CT molecular complexity index is 323. The van der Waals surface area contributed by atoms with Crippen molar-refractivity contribution in [3.63, 3.8) is 0 Å². The molecule has 1 aromatic heterocycles. The maximum atomic E-state index is 11.1. The van der Waals surface area contributed by atoms with Gasteiger partial charge in [-0.2, -0.15) is 0 Å². The van der Waals surface area contributed by atoms with E-state index in [-0.39, 0.29) is 5.43 Å². The fourth-order valence-corrected chi connectivity index (χ4v) is 0.913. The first-order valence-electron chi connectivity index (χ1n) is 3.56. The fraction of sp³-hybridized carbons (Fsp3) is 0.222. The minimum Gasteiger partial charge on any atom is -0.361 e. The van der Waals surface area contributed by atoms with Crippen LogP contribution in [0.5, 0.6) is 0 Å². The molecule has 0 atom stereocenters. The topological polar surface area (TPSA) is 32.9 Å². The number of rotatable bonds is 1. The fourth-order valence-electron chi connectivity index (χ4n) is 0.913. The van der Waals surface area contributed by atoms with Crippen LogP contribution in [0.15, 0.2) is 23.1 Å². The summed E-state index contributed by atoms with van der Waals surface area (Å²) in [6.45, 7) is 3.74. The van der Waals surface area contributed by atoms with Crippen LogP contribution in [0.4, 0.5) is 0 Å². The smallest absolute Gasteiger partial charge is 0.185 e. The molecule has 58 valence electrons. The molecule has 0 fully saturated rings. The lowest BCUT2D eigenvalue weighted by molar-refractivity contribution is 1.20. The normalized spacial score (nSPS) is 10.7. The number of allylic oxidation sites excluding steroid dienone is 1. The van der Waals surface area contributed by atoms with E-state index in [4.69, 9.17) is 0 Å². The molecular weight excluding hydrogens is 138 g/mol. The number of aromatic amines is 1. The molecule has 0 saturated heterocycles. The van der Waals surface area contributed by atoms with Gasteiger partial charge in [0, 0.05) is 23.5 Å².